The number of benzene rings is 1. The lowest BCUT2D eigenvalue weighted by atomic mass is 10.1. The van der Waals surface area contributed by atoms with Gasteiger partial charge >= 0.3 is 5.97 Å². The molecule has 1 aromatic rings. The summed E-state index contributed by atoms with van der Waals surface area (Å²) in [6, 6.07) is 4.21. The van der Waals surface area contributed by atoms with Crippen LogP contribution in [-0.2, 0) is 9.53 Å². The van der Waals surface area contributed by atoms with E-state index in [0.717, 1.165) is 12.8 Å². The van der Waals surface area contributed by atoms with Crippen molar-refractivity contribution in [2.45, 2.75) is 33.1 Å². The fourth-order valence-corrected chi connectivity index (χ4v) is 1.79. The molecule has 0 saturated heterocycles. The summed E-state index contributed by atoms with van der Waals surface area (Å²) in [4.78, 5) is 22.1. The highest BCUT2D eigenvalue weighted by molar-refractivity contribution is 5.71. The molecule has 7 heteroatoms. The Morgan fingerprint density at radius 1 is 1.26 bits per heavy atom. The van der Waals surface area contributed by atoms with E-state index in [0.29, 0.717) is 24.5 Å². The summed E-state index contributed by atoms with van der Waals surface area (Å²) in [7, 11) is 1.43. The molecule has 0 N–H and O–H groups in total. The fraction of sp³-hybridized carbons (Fsp3) is 0.562. The summed E-state index contributed by atoms with van der Waals surface area (Å²) in [6.07, 6.45) is 2.29. The Morgan fingerprint density at radius 3 is 2.57 bits per heavy atom. The molecule has 0 radical (unpaired) electrons. The van der Waals surface area contributed by atoms with Gasteiger partial charge in [-0.3, -0.25) is 14.9 Å². The van der Waals surface area contributed by atoms with Gasteiger partial charge in [0, 0.05) is 6.07 Å². The standard InChI is InChI=1S/C16H23NO6/c1-4-5-7-23-16(18)12(2)6-8-22-15-10-13(17(19)20)9-14(11-15)21-3/h9-12H,4-8H2,1-3H3. The van der Waals surface area contributed by atoms with Crippen LogP contribution in [0.4, 0.5) is 5.69 Å². The van der Waals surface area contributed by atoms with Gasteiger partial charge in [-0.2, -0.15) is 0 Å². The van der Waals surface area contributed by atoms with E-state index in [1.807, 2.05) is 6.92 Å². The highest BCUT2D eigenvalue weighted by atomic mass is 16.6. The average Bonchev–Trinajstić information content (AvgIpc) is 2.54. The third-order valence-electron chi connectivity index (χ3n) is 3.28. The Morgan fingerprint density at radius 2 is 1.96 bits per heavy atom. The number of hydrogen-bond donors (Lipinski definition) is 0. The molecule has 1 atom stereocenters. The Kier molecular flexibility index (Phi) is 7.87. The molecule has 0 aromatic heterocycles. The fourth-order valence-electron chi connectivity index (χ4n) is 1.79. The van der Waals surface area contributed by atoms with Crippen molar-refractivity contribution in [2.24, 2.45) is 5.92 Å². The number of unbranched alkanes of at least 4 members (excludes halogenated alkanes) is 1. The molecule has 0 bridgehead atoms. The summed E-state index contributed by atoms with van der Waals surface area (Å²) in [5.74, 6) is 0.148. The number of nitro groups is 1. The molecule has 0 aliphatic carbocycles. The van der Waals surface area contributed by atoms with Crippen molar-refractivity contribution < 1.29 is 23.9 Å². The zero-order valence-corrected chi connectivity index (χ0v) is 13.7. The Bertz CT molecular complexity index is 531. The maximum atomic E-state index is 11.7. The van der Waals surface area contributed by atoms with E-state index in [1.165, 1.54) is 19.2 Å². The number of non-ortho nitro benzene ring substituents is 1. The first-order valence-electron chi connectivity index (χ1n) is 7.60. The van der Waals surface area contributed by atoms with Gasteiger partial charge in [0.1, 0.15) is 11.5 Å². The first kappa shape index (κ1) is 18.7. The van der Waals surface area contributed by atoms with E-state index < -0.39 is 4.92 Å². The number of nitro benzene ring substituents is 1. The second-order valence-electron chi connectivity index (χ2n) is 5.18. The molecular formula is C16H23NO6. The van der Waals surface area contributed by atoms with E-state index in [-0.39, 0.29) is 24.2 Å². The summed E-state index contributed by atoms with van der Waals surface area (Å²) in [5, 5.41) is 10.9. The minimum Gasteiger partial charge on any atom is -0.496 e. The minimum absolute atomic E-state index is 0.105. The predicted molar refractivity (Wildman–Crippen MR) is 84.8 cm³/mol. The number of carbonyl (C=O) groups is 1. The second kappa shape index (κ2) is 9.66. The number of hydrogen-bond acceptors (Lipinski definition) is 6. The van der Waals surface area contributed by atoms with Gasteiger partial charge < -0.3 is 14.2 Å². The normalized spacial score (nSPS) is 11.6. The molecule has 0 spiro atoms. The predicted octanol–water partition coefficient (Wildman–Crippen LogP) is 3.35. The smallest absolute Gasteiger partial charge is 0.308 e. The van der Waals surface area contributed by atoms with Crippen molar-refractivity contribution in [2.75, 3.05) is 20.3 Å². The highest BCUT2D eigenvalue weighted by Gasteiger charge is 2.15. The van der Waals surface area contributed by atoms with Crippen LogP contribution in [0.2, 0.25) is 0 Å². The summed E-state index contributed by atoms with van der Waals surface area (Å²) in [6.45, 7) is 4.49. The van der Waals surface area contributed by atoms with Crippen LogP contribution in [-0.4, -0.2) is 31.2 Å². The molecule has 1 aromatic carbocycles. The molecule has 0 fully saturated rings. The zero-order chi connectivity index (χ0) is 17.2. The summed E-state index contributed by atoms with van der Waals surface area (Å²) in [5.41, 5.74) is -0.105. The molecule has 0 heterocycles. The quantitative estimate of drug-likeness (QED) is 0.284. The van der Waals surface area contributed by atoms with Crippen molar-refractivity contribution in [3.05, 3.63) is 28.3 Å². The second-order valence-corrected chi connectivity index (χ2v) is 5.18. The van der Waals surface area contributed by atoms with Gasteiger partial charge in [-0.15, -0.1) is 0 Å². The molecule has 0 amide bonds. The number of nitrogens with zero attached hydrogens (tertiary/aromatic N) is 1. The van der Waals surface area contributed by atoms with Crippen molar-refractivity contribution in [1.29, 1.82) is 0 Å². The van der Waals surface area contributed by atoms with Crippen LogP contribution in [0.1, 0.15) is 33.1 Å². The average molecular weight is 325 g/mol. The number of carbonyl (C=O) groups excluding carboxylic acids is 1. The van der Waals surface area contributed by atoms with Crippen molar-refractivity contribution >= 4 is 11.7 Å². The lowest BCUT2D eigenvalue weighted by Gasteiger charge is -2.12. The number of rotatable bonds is 10. The van der Waals surface area contributed by atoms with E-state index in [4.69, 9.17) is 14.2 Å². The van der Waals surface area contributed by atoms with Crippen LogP contribution in [0.5, 0.6) is 11.5 Å². The maximum Gasteiger partial charge on any atom is 0.308 e. The van der Waals surface area contributed by atoms with Crippen LogP contribution >= 0.6 is 0 Å². The minimum atomic E-state index is -0.511. The lowest BCUT2D eigenvalue weighted by Crippen LogP contribution is -2.18. The van der Waals surface area contributed by atoms with Crippen molar-refractivity contribution in [3.63, 3.8) is 0 Å². The van der Waals surface area contributed by atoms with Crippen LogP contribution in [0.3, 0.4) is 0 Å². The van der Waals surface area contributed by atoms with Gasteiger partial charge in [0.05, 0.1) is 43.3 Å². The third-order valence-corrected chi connectivity index (χ3v) is 3.28. The molecule has 0 aliphatic heterocycles. The van der Waals surface area contributed by atoms with Gasteiger partial charge in [-0.1, -0.05) is 20.3 Å². The largest absolute Gasteiger partial charge is 0.496 e. The maximum absolute atomic E-state index is 11.7. The van der Waals surface area contributed by atoms with Crippen molar-refractivity contribution in [3.8, 4) is 11.5 Å². The van der Waals surface area contributed by atoms with Crippen LogP contribution in [0.25, 0.3) is 0 Å². The first-order chi connectivity index (χ1) is 11.0. The monoisotopic (exact) mass is 325 g/mol. The van der Waals surface area contributed by atoms with Crippen LogP contribution in [0, 0.1) is 16.0 Å². The molecule has 0 aliphatic rings. The molecule has 1 unspecified atom stereocenters. The third kappa shape index (κ3) is 6.54. The summed E-state index contributed by atoms with van der Waals surface area (Å²) >= 11 is 0. The Labute approximate surface area is 135 Å². The van der Waals surface area contributed by atoms with Crippen molar-refractivity contribution in [1.82, 2.24) is 0 Å². The lowest BCUT2D eigenvalue weighted by molar-refractivity contribution is -0.385. The molecule has 7 nitrogen and oxygen atoms in total. The number of methoxy groups -OCH3 is 1. The van der Waals surface area contributed by atoms with Gasteiger partial charge in [-0.25, -0.2) is 0 Å². The van der Waals surface area contributed by atoms with Gasteiger partial charge in [0.2, 0.25) is 0 Å². The zero-order valence-electron chi connectivity index (χ0n) is 13.7. The topological polar surface area (TPSA) is 87.9 Å². The van der Waals surface area contributed by atoms with Gasteiger partial charge in [-0.05, 0) is 12.8 Å². The van der Waals surface area contributed by atoms with E-state index in [1.54, 1.807) is 13.0 Å². The number of ether oxygens (including phenoxy) is 3. The van der Waals surface area contributed by atoms with Crippen LogP contribution in [0.15, 0.2) is 18.2 Å². The molecule has 23 heavy (non-hydrogen) atoms. The van der Waals surface area contributed by atoms with E-state index >= 15 is 0 Å². The summed E-state index contributed by atoms with van der Waals surface area (Å²) < 4.78 is 15.6. The van der Waals surface area contributed by atoms with E-state index in [2.05, 4.69) is 0 Å². The van der Waals surface area contributed by atoms with Gasteiger partial charge in [0.25, 0.3) is 5.69 Å². The van der Waals surface area contributed by atoms with Crippen LogP contribution < -0.4 is 9.47 Å². The highest BCUT2D eigenvalue weighted by Crippen LogP contribution is 2.27. The first-order valence-corrected chi connectivity index (χ1v) is 7.60. The van der Waals surface area contributed by atoms with Gasteiger partial charge in [0.15, 0.2) is 0 Å². The Hall–Kier alpha value is -2.31. The molecular weight excluding hydrogens is 302 g/mol. The Balaban J connectivity index is 2.50. The van der Waals surface area contributed by atoms with E-state index in [9.17, 15) is 14.9 Å². The SMILES string of the molecule is CCCCOC(=O)C(C)CCOc1cc(OC)cc([N+](=O)[O-])c1. The molecule has 0 saturated carbocycles. The molecule has 1 rings (SSSR count). The number of esters is 1. The molecule has 128 valence electrons.